The summed E-state index contributed by atoms with van der Waals surface area (Å²) < 4.78 is 32.6. The minimum atomic E-state index is -3.65. The van der Waals surface area contributed by atoms with Gasteiger partial charge in [-0.2, -0.15) is 0 Å². The van der Waals surface area contributed by atoms with Crippen molar-refractivity contribution in [1.29, 1.82) is 0 Å². The van der Waals surface area contributed by atoms with Crippen molar-refractivity contribution in [3.05, 3.63) is 78.9 Å². The summed E-state index contributed by atoms with van der Waals surface area (Å²) in [6.07, 6.45) is 8.23. The van der Waals surface area contributed by atoms with Crippen LogP contribution in [0.25, 0.3) is 0 Å². The second-order valence-corrected chi connectivity index (χ2v) is 9.93. The van der Waals surface area contributed by atoms with E-state index in [4.69, 9.17) is 16.3 Å². The second kappa shape index (κ2) is 13.3. The zero-order chi connectivity index (χ0) is 23.4. The average molecular weight is 477 g/mol. The van der Waals surface area contributed by atoms with E-state index in [0.29, 0.717) is 17.3 Å². The maximum atomic E-state index is 12.8. The molecule has 2 aromatic carbocycles. The zero-order valence-electron chi connectivity index (χ0n) is 18.7. The summed E-state index contributed by atoms with van der Waals surface area (Å²) in [4.78, 5) is 2.52. The smallest absolute Gasteiger partial charge is 0.264 e. The van der Waals surface area contributed by atoms with Crippen LogP contribution in [0.2, 0.25) is 5.02 Å². The Morgan fingerprint density at radius 2 is 1.50 bits per heavy atom. The Morgan fingerprint density at radius 3 is 2.09 bits per heavy atom. The van der Waals surface area contributed by atoms with E-state index in [1.807, 2.05) is 12.2 Å². The summed E-state index contributed by atoms with van der Waals surface area (Å²) in [5, 5.41) is 0.496. The Labute approximate surface area is 198 Å². The van der Waals surface area contributed by atoms with Gasteiger partial charge in [-0.3, -0.25) is 9.21 Å². The number of halogens is 1. The van der Waals surface area contributed by atoms with Crippen LogP contribution in [0.1, 0.15) is 25.7 Å². The minimum absolute atomic E-state index is 0.196. The number of rotatable bonds is 15. The summed E-state index contributed by atoms with van der Waals surface area (Å²) in [6, 6.07) is 13.2. The molecule has 32 heavy (non-hydrogen) atoms. The molecule has 0 aromatic heterocycles. The molecular formula is C25H33ClN2O3S. The van der Waals surface area contributed by atoms with Crippen LogP contribution in [0, 0.1) is 0 Å². The topological polar surface area (TPSA) is 49.9 Å². The van der Waals surface area contributed by atoms with E-state index in [1.165, 1.54) is 23.5 Å². The molecule has 174 valence electrons. The summed E-state index contributed by atoms with van der Waals surface area (Å²) in [5.74, 6) is 0.731. The molecule has 7 heteroatoms. The van der Waals surface area contributed by atoms with Crippen LogP contribution in [0.5, 0.6) is 5.75 Å². The number of sulfonamides is 1. The highest BCUT2D eigenvalue weighted by molar-refractivity contribution is 7.92. The Bertz CT molecular complexity index is 934. The number of ether oxygens (including phenoxy) is 1. The normalized spacial score (nSPS) is 11.3. The molecule has 0 aliphatic heterocycles. The van der Waals surface area contributed by atoms with E-state index >= 15 is 0 Å². The van der Waals surface area contributed by atoms with E-state index in [9.17, 15) is 8.42 Å². The Kier molecular flexibility index (Phi) is 10.8. The minimum Gasteiger partial charge on any atom is -0.494 e. The quantitative estimate of drug-likeness (QED) is 0.241. The van der Waals surface area contributed by atoms with Gasteiger partial charge in [0.1, 0.15) is 5.75 Å². The highest BCUT2D eigenvalue weighted by Gasteiger charge is 2.21. The largest absolute Gasteiger partial charge is 0.494 e. The van der Waals surface area contributed by atoms with Crippen LogP contribution in [0.4, 0.5) is 5.69 Å². The van der Waals surface area contributed by atoms with Gasteiger partial charge >= 0.3 is 0 Å². The van der Waals surface area contributed by atoms with Crippen LogP contribution in [-0.2, 0) is 10.0 Å². The molecule has 2 aromatic rings. The molecule has 0 atom stereocenters. The van der Waals surface area contributed by atoms with Crippen LogP contribution >= 0.6 is 11.6 Å². The summed E-state index contributed by atoms with van der Waals surface area (Å²) in [6.45, 7) is 11.1. The molecule has 5 nitrogen and oxygen atoms in total. The van der Waals surface area contributed by atoms with Gasteiger partial charge in [0.25, 0.3) is 10.0 Å². The first-order chi connectivity index (χ1) is 15.4. The van der Waals surface area contributed by atoms with Gasteiger partial charge in [-0.1, -0.05) is 36.6 Å². The van der Waals surface area contributed by atoms with E-state index in [1.54, 1.807) is 36.4 Å². The van der Waals surface area contributed by atoms with Crippen molar-refractivity contribution in [2.45, 2.75) is 30.6 Å². The lowest BCUT2D eigenvalue weighted by atomic mass is 10.2. The third-order valence-corrected chi connectivity index (χ3v) is 7.14. The van der Waals surface area contributed by atoms with Crippen molar-refractivity contribution < 1.29 is 13.2 Å². The van der Waals surface area contributed by atoms with Crippen molar-refractivity contribution in [2.24, 2.45) is 0 Å². The highest BCUT2D eigenvalue weighted by atomic mass is 35.5. The Balaban J connectivity index is 1.75. The maximum absolute atomic E-state index is 12.8. The first kappa shape index (κ1) is 26.0. The number of anilines is 1. The van der Waals surface area contributed by atoms with Crippen molar-refractivity contribution in [3.63, 3.8) is 0 Å². The number of unbranched alkanes of at least 4 members (excludes halogenated alkanes) is 3. The monoisotopic (exact) mass is 476 g/mol. The molecule has 0 spiro atoms. The fraction of sp³-hybridized carbons (Fsp3) is 0.360. The van der Waals surface area contributed by atoms with E-state index in [2.05, 4.69) is 18.1 Å². The summed E-state index contributed by atoms with van der Waals surface area (Å²) in [5.41, 5.74) is 0.566. The average Bonchev–Trinajstić information content (AvgIpc) is 2.79. The maximum Gasteiger partial charge on any atom is 0.264 e. The fourth-order valence-electron chi connectivity index (χ4n) is 3.26. The van der Waals surface area contributed by atoms with E-state index in [0.717, 1.165) is 51.1 Å². The molecule has 0 heterocycles. The SMILES string of the molecule is C=CCN(CC=C)CCCCCCOc1ccc(N(C)S(=O)(=O)c2ccc(Cl)cc2)cc1. The number of nitrogens with zero attached hydrogens (tertiary/aromatic N) is 2. The lowest BCUT2D eigenvalue weighted by Gasteiger charge is -2.20. The first-order valence-corrected chi connectivity index (χ1v) is 12.6. The summed E-state index contributed by atoms with van der Waals surface area (Å²) in [7, 11) is -2.11. The van der Waals surface area contributed by atoms with Crippen molar-refractivity contribution in [2.75, 3.05) is 37.6 Å². The van der Waals surface area contributed by atoms with Crippen LogP contribution in [0.15, 0.2) is 78.7 Å². The van der Waals surface area contributed by atoms with Crippen LogP contribution in [0.3, 0.4) is 0 Å². The number of benzene rings is 2. The molecule has 0 saturated heterocycles. The molecule has 0 fully saturated rings. The first-order valence-electron chi connectivity index (χ1n) is 10.8. The highest BCUT2D eigenvalue weighted by Crippen LogP contribution is 2.25. The Morgan fingerprint density at radius 1 is 0.906 bits per heavy atom. The van der Waals surface area contributed by atoms with Crippen molar-refractivity contribution in [3.8, 4) is 5.75 Å². The zero-order valence-corrected chi connectivity index (χ0v) is 20.3. The van der Waals surface area contributed by atoms with Gasteiger partial charge in [-0.15, -0.1) is 13.2 Å². The van der Waals surface area contributed by atoms with Crippen LogP contribution in [-0.4, -0.2) is 46.6 Å². The molecule has 2 rings (SSSR count). The van der Waals surface area contributed by atoms with E-state index < -0.39 is 10.0 Å². The van der Waals surface area contributed by atoms with Crippen molar-refractivity contribution >= 4 is 27.3 Å². The standard InChI is InChI=1S/C25H33ClN2O3S/c1-4-18-28(19-5-2)20-8-6-7-9-21-31-24-14-12-23(13-15-24)27(3)32(29,30)25-16-10-22(26)11-17-25/h4-5,10-17H,1-2,6-9,18-21H2,3H3. The molecule has 0 aliphatic rings. The van der Waals surface area contributed by atoms with Gasteiger partial charge in [0, 0.05) is 25.2 Å². The Hall–Kier alpha value is -2.28. The third-order valence-electron chi connectivity index (χ3n) is 5.08. The van der Waals surface area contributed by atoms with E-state index in [-0.39, 0.29) is 4.90 Å². The van der Waals surface area contributed by atoms with Gasteiger partial charge in [0.05, 0.1) is 17.2 Å². The molecule has 0 amide bonds. The van der Waals surface area contributed by atoms with Gasteiger partial charge in [-0.05, 0) is 67.9 Å². The number of hydrogen-bond acceptors (Lipinski definition) is 4. The lowest BCUT2D eigenvalue weighted by Crippen LogP contribution is -2.26. The molecule has 0 bridgehead atoms. The van der Waals surface area contributed by atoms with Crippen LogP contribution < -0.4 is 9.04 Å². The molecule has 0 aliphatic carbocycles. The van der Waals surface area contributed by atoms with Gasteiger partial charge in [0.2, 0.25) is 0 Å². The molecule has 0 unspecified atom stereocenters. The van der Waals surface area contributed by atoms with Gasteiger partial charge in [0.15, 0.2) is 0 Å². The fourth-order valence-corrected chi connectivity index (χ4v) is 4.58. The lowest BCUT2D eigenvalue weighted by molar-refractivity contribution is 0.296. The molecular weight excluding hydrogens is 444 g/mol. The molecule has 0 saturated carbocycles. The van der Waals surface area contributed by atoms with Gasteiger partial charge in [-0.25, -0.2) is 8.42 Å². The predicted molar refractivity (Wildman–Crippen MR) is 134 cm³/mol. The van der Waals surface area contributed by atoms with Crippen molar-refractivity contribution in [1.82, 2.24) is 4.90 Å². The number of hydrogen-bond donors (Lipinski definition) is 0. The molecule has 0 N–H and O–H groups in total. The summed E-state index contributed by atoms with van der Waals surface area (Å²) >= 11 is 5.86. The third kappa shape index (κ3) is 8.01. The second-order valence-electron chi connectivity index (χ2n) is 7.52. The van der Waals surface area contributed by atoms with Gasteiger partial charge < -0.3 is 4.74 Å². The molecule has 0 radical (unpaired) electrons. The predicted octanol–water partition coefficient (Wildman–Crippen LogP) is 5.78.